The third-order valence-corrected chi connectivity index (χ3v) is 2.49. The zero-order valence-corrected chi connectivity index (χ0v) is 10.9. The Morgan fingerprint density at radius 3 is 2.41 bits per heavy atom. The first-order chi connectivity index (χ1) is 8.04. The van der Waals surface area contributed by atoms with Gasteiger partial charge in [0.25, 0.3) is 0 Å². The van der Waals surface area contributed by atoms with Gasteiger partial charge in [0.1, 0.15) is 12.4 Å². The van der Waals surface area contributed by atoms with E-state index in [4.69, 9.17) is 11.2 Å². The lowest BCUT2D eigenvalue weighted by Crippen LogP contribution is -2.21. The minimum atomic E-state index is 0.187. The summed E-state index contributed by atoms with van der Waals surface area (Å²) in [6.45, 7) is 8.60. The van der Waals surface area contributed by atoms with Crippen LogP contribution in [0.2, 0.25) is 0 Å². The van der Waals surface area contributed by atoms with Crippen LogP contribution in [-0.4, -0.2) is 19.7 Å². The second kappa shape index (κ2) is 6.32. The van der Waals surface area contributed by atoms with Gasteiger partial charge in [-0.1, -0.05) is 38.8 Å². The van der Waals surface area contributed by atoms with Crippen molar-refractivity contribution in [3.63, 3.8) is 0 Å². The van der Waals surface area contributed by atoms with Crippen LogP contribution in [0.15, 0.2) is 24.3 Å². The standard InChI is InChI=1S/C15H21NO/c1-5-10-16-11-12-17-14-8-6-13(7-9-14)15(2,3)4/h1,6-9,16H,10-12H2,2-4H3. The SMILES string of the molecule is C#CCNCCOc1ccc(C(C)(C)C)cc1. The normalized spacial score (nSPS) is 10.9. The van der Waals surface area contributed by atoms with Gasteiger partial charge in [-0.3, -0.25) is 0 Å². The number of ether oxygens (including phenoxy) is 1. The molecule has 0 radical (unpaired) electrons. The number of terminal acetylenes is 1. The van der Waals surface area contributed by atoms with Crippen molar-refractivity contribution < 1.29 is 4.74 Å². The summed E-state index contributed by atoms with van der Waals surface area (Å²) in [5.74, 6) is 3.43. The highest BCUT2D eigenvalue weighted by molar-refractivity contribution is 5.31. The Morgan fingerprint density at radius 2 is 1.88 bits per heavy atom. The van der Waals surface area contributed by atoms with Crippen molar-refractivity contribution in [2.24, 2.45) is 0 Å². The van der Waals surface area contributed by atoms with Gasteiger partial charge < -0.3 is 10.1 Å². The van der Waals surface area contributed by atoms with E-state index < -0.39 is 0 Å². The van der Waals surface area contributed by atoms with Crippen molar-refractivity contribution in [2.75, 3.05) is 19.7 Å². The fourth-order valence-corrected chi connectivity index (χ4v) is 1.45. The number of hydrogen-bond acceptors (Lipinski definition) is 2. The van der Waals surface area contributed by atoms with Gasteiger partial charge in [0.2, 0.25) is 0 Å². The molecule has 0 amide bonds. The molecule has 0 aromatic heterocycles. The molecule has 1 aromatic carbocycles. The van der Waals surface area contributed by atoms with E-state index >= 15 is 0 Å². The Labute approximate surface area is 104 Å². The first-order valence-electron chi connectivity index (χ1n) is 5.91. The largest absolute Gasteiger partial charge is 0.492 e. The van der Waals surface area contributed by atoms with Crippen molar-refractivity contribution in [1.29, 1.82) is 0 Å². The zero-order chi connectivity index (χ0) is 12.7. The minimum Gasteiger partial charge on any atom is -0.492 e. The van der Waals surface area contributed by atoms with Crippen LogP contribution < -0.4 is 10.1 Å². The molecule has 0 saturated heterocycles. The van der Waals surface area contributed by atoms with Crippen molar-refractivity contribution in [2.45, 2.75) is 26.2 Å². The molecule has 0 aliphatic rings. The fourth-order valence-electron chi connectivity index (χ4n) is 1.45. The van der Waals surface area contributed by atoms with Crippen molar-refractivity contribution in [1.82, 2.24) is 5.32 Å². The second-order valence-corrected chi connectivity index (χ2v) is 5.00. The molecule has 1 rings (SSSR count). The molecule has 0 bridgehead atoms. The van der Waals surface area contributed by atoms with E-state index in [2.05, 4.69) is 44.1 Å². The minimum absolute atomic E-state index is 0.187. The number of nitrogens with one attached hydrogen (secondary N) is 1. The van der Waals surface area contributed by atoms with Crippen molar-refractivity contribution in [3.8, 4) is 18.1 Å². The summed E-state index contributed by atoms with van der Waals surface area (Å²) in [7, 11) is 0. The Hall–Kier alpha value is -1.46. The summed E-state index contributed by atoms with van der Waals surface area (Å²) in [5.41, 5.74) is 1.50. The molecule has 0 aliphatic carbocycles. The Bertz CT molecular complexity index is 367. The lowest BCUT2D eigenvalue weighted by Gasteiger charge is -2.19. The molecule has 0 aliphatic heterocycles. The van der Waals surface area contributed by atoms with Crippen LogP contribution in [0.25, 0.3) is 0 Å². The first-order valence-corrected chi connectivity index (χ1v) is 5.91. The highest BCUT2D eigenvalue weighted by Crippen LogP contribution is 2.24. The van der Waals surface area contributed by atoms with E-state index in [0.29, 0.717) is 13.2 Å². The molecule has 0 saturated carbocycles. The average molecular weight is 231 g/mol. The molecule has 0 fully saturated rings. The zero-order valence-electron chi connectivity index (χ0n) is 10.9. The molecular weight excluding hydrogens is 210 g/mol. The quantitative estimate of drug-likeness (QED) is 0.621. The van der Waals surface area contributed by atoms with Gasteiger partial charge in [-0.2, -0.15) is 0 Å². The molecular formula is C15H21NO. The fraction of sp³-hybridized carbons (Fsp3) is 0.467. The summed E-state index contributed by atoms with van der Waals surface area (Å²) in [5, 5.41) is 3.08. The van der Waals surface area contributed by atoms with E-state index in [-0.39, 0.29) is 5.41 Å². The van der Waals surface area contributed by atoms with E-state index in [0.717, 1.165) is 12.3 Å². The topological polar surface area (TPSA) is 21.3 Å². The van der Waals surface area contributed by atoms with Gasteiger partial charge in [0.05, 0.1) is 6.54 Å². The summed E-state index contributed by atoms with van der Waals surface area (Å²) in [4.78, 5) is 0. The lowest BCUT2D eigenvalue weighted by molar-refractivity contribution is 0.316. The van der Waals surface area contributed by atoms with Gasteiger partial charge in [0, 0.05) is 6.54 Å². The highest BCUT2D eigenvalue weighted by atomic mass is 16.5. The van der Waals surface area contributed by atoms with Gasteiger partial charge in [-0.05, 0) is 23.1 Å². The molecule has 92 valence electrons. The predicted molar refractivity (Wildman–Crippen MR) is 72.3 cm³/mol. The van der Waals surface area contributed by atoms with E-state index in [1.807, 2.05) is 12.1 Å². The Morgan fingerprint density at radius 1 is 1.24 bits per heavy atom. The first kappa shape index (κ1) is 13.6. The third-order valence-electron chi connectivity index (χ3n) is 2.49. The summed E-state index contributed by atoms with van der Waals surface area (Å²) in [6.07, 6.45) is 5.13. The Balaban J connectivity index is 2.39. The van der Waals surface area contributed by atoms with Gasteiger partial charge >= 0.3 is 0 Å². The van der Waals surface area contributed by atoms with Crippen LogP contribution in [0.5, 0.6) is 5.75 Å². The average Bonchev–Trinajstić information content (AvgIpc) is 2.28. The summed E-state index contributed by atoms with van der Waals surface area (Å²) in [6, 6.07) is 8.26. The van der Waals surface area contributed by atoms with E-state index in [1.54, 1.807) is 0 Å². The molecule has 1 aromatic rings. The molecule has 1 N–H and O–H groups in total. The molecule has 2 heteroatoms. The van der Waals surface area contributed by atoms with Crippen LogP contribution in [0, 0.1) is 12.3 Å². The molecule has 0 heterocycles. The highest BCUT2D eigenvalue weighted by Gasteiger charge is 2.12. The number of rotatable bonds is 5. The second-order valence-electron chi connectivity index (χ2n) is 5.00. The van der Waals surface area contributed by atoms with Crippen LogP contribution >= 0.6 is 0 Å². The molecule has 2 nitrogen and oxygen atoms in total. The van der Waals surface area contributed by atoms with Crippen molar-refractivity contribution >= 4 is 0 Å². The Kier molecular flexibility index (Phi) is 5.06. The molecule has 0 atom stereocenters. The van der Waals surface area contributed by atoms with Crippen LogP contribution in [0.4, 0.5) is 0 Å². The van der Waals surface area contributed by atoms with Gasteiger partial charge in [-0.25, -0.2) is 0 Å². The summed E-state index contributed by atoms with van der Waals surface area (Å²) >= 11 is 0. The number of hydrogen-bond donors (Lipinski definition) is 1. The van der Waals surface area contributed by atoms with Gasteiger partial charge in [0.15, 0.2) is 0 Å². The lowest BCUT2D eigenvalue weighted by atomic mass is 9.87. The molecule has 0 unspecified atom stereocenters. The monoisotopic (exact) mass is 231 g/mol. The van der Waals surface area contributed by atoms with Crippen LogP contribution in [0.3, 0.4) is 0 Å². The molecule has 17 heavy (non-hydrogen) atoms. The maximum Gasteiger partial charge on any atom is 0.119 e. The smallest absolute Gasteiger partial charge is 0.119 e. The predicted octanol–water partition coefficient (Wildman–Crippen LogP) is 2.59. The van der Waals surface area contributed by atoms with Crippen LogP contribution in [0.1, 0.15) is 26.3 Å². The van der Waals surface area contributed by atoms with Gasteiger partial charge in [-0.15, -0.1) is 6.42 Å². The summed E-state index contributed by atoms with van der Waals surface area (Å²) < 4.78 is 5.59. The third kappa shape index (κ3) is 4.93. The maximum atomic E-state index is 5.59. The number of benzene rings is 1. The molecule has 0 spiro atoms. The maximum absolute atomic E-state index is 5.59. The van der Waals surface area contributed by atoms with Crippen LogP contribution in [-0.2, 0) is 5.41 Å². The van der Waals surface area contributed by atoms with Crippen molar-refractivity contribution in [3.05, 3.63) is 29.8 Å². The van der Waals surface area contributed by atoms with E-state index in [1.165, 1.54) is 5.56 Å². The van der Waals surface area contributed by atoms with E-state index in [9.17, 15) is 0 Å².